The summed E-state index contributed by atoms with van der Waals surface area (Å²) >= 11 is 6.66. The monoisotopic (exact) mass is 551 g/mol. The van der Waals surface area contributed by atoms with Crippen LogP contribution in [0.2, 0.25) is 0 Å². The Hall–Kier alpha value is -3.82. The lowest BCUT2D eigenvalue weighted by molar-refractivity contribution is -0.137. The second kappa shape index (κ2) is 12.1. The van der Waals surface area contributed by atoms with Gasteiger partial charge in [-0.3, -0.25) is 4.79 Å². The van der Waals surface area contributed by atoms with Crippen LogP contribution in [0.15, 0.2) is 108 Å². The predicted molar refractivity (Wildman–Crippen MR) is 153 cm³/mol. The number of para-hydroxylation sites is 1. The standard InChI is InChI=1S/C29H24F3N3OS2/c1-19-14-16-21(17-15-19)33-28(37)34-22-10-7-11-23(18-22)38-26(20-8-3-2-4-9-20)27(36)35-25-13-6-5-12-24(25)29(30,31)32/h2-18,26H,1H3,(H,35,36)(H2,33,34,37). The van der Waals surface area contributed by atoms with Crippen LogP contribution in [-0.2, 0) is 11.0 Å². The molecule has 0 bridgehead atoms. The van der Waals surface area contributed by atoms with Gasteiger partial charge < -0.3 is 16.0 Å². The number of benzene rings is 4. The van der Waals surface area contributed by atoms with E-state index in [9.17, 15) is 18.0 Å². The van der Waals surface area contributed by atoms with Gasteiger partial charge in [0.2, 0.25) is 5.91 Å². The molecule has 1 amide bonds. The van der Waals surface area contributed by atoms with Gasteiger partial charge in [-0.2, -0.15) is 13.2 Å². The number of carbonyl (C=O) groups excluding carboxylic acids is 1. The second-order valence-corrected chi connectivity index (χ2v) is 10.0. The zero-order chi connectivity index (χ0) is 27.1. The van der Waals surface area contributed by atoms with Crippen LogP contribution in [0.25, 0.3) is 0 Å². The van der Waals surface area contributed by atoms with Crippen molar-refractivity contribution in [2.24, 2.45) is 0 Å². The number of halogens is 3. The van der Waals surface area contributed by atoms with Crippen LogP contribution < -0.4 is 16.0 Å². The van der Waals surface area contributed by atoms with Crippen molar-refractivity contribution in [2.45, 2.75) is 23.2 Å². The van der Waals surface area contributed by atoms with Crippen molar-refractivity contribution in [3.8, 4) is 0 Å². The molecule has 4 aromatic carbocycles. The molecule has 0 fully saturated rings. The maximum Gasteiger partial charge on any atom is 0.418 e. The number of anilines is 3. The Bertz CT molecular complexity index is 1410. The van der Waals surface area contributed by atoms with E-state index < -0.39 is 22.9 Å². The third-order valence-electron chi connectivity index (χ3n) is 5.49. The highest BCUT2D eigenvalue weighted by Gasteiger charge is 2.34. The van der Waals surface area contributed by atoms with Crippen LogP contribution in [-0.4, -0.2) is 11.0 Å². The van der Waals surface area contributed by atoms with E-state index in [1.54, 1.807) is 24.3 Å². The molecule has 1 unspecified atom stereocenters. The molecule has 0 aliphatic carbocycles. The van der Waals surface area contributed by atoms with Crippen LogP contribution in [0.5, 0.6) is 0 Å². The average molecular weight is 552 g/mol. The summed E-state index contributed by atoms with van der Waals surface area (Å²) in [6, 6.07) is 29.0. The smallest absolute Gasteiger partial charge is 0.332 e. The van der Waals surface area contributed by atoms with Crippen molar-refractivity contribution in [2.75, 3.05) is 16.0 Å². The highest BCUT2D eigenvalue weighted by molar-refractivity contribution is 8.00. The van der Waals surface area contributed by atoms with Gasteiger partial charge in [-0.15, -0.1) is 11.8 Å². The van der Waals surface area contributed by atoms with E-state index in [4.69, 9.17) is 12.2 Å². The molecule has 4 rings (SSSR count). The number of carbonyl (C=O) groups is 1. The number of thioether (sulfide) groups is 1. The molecule has 0 heterocycles. The van der Waals surface area contributed by atoms with E-state index in [1.165, 1.54) is 30.0 Å². The molecule has 9 heteroatoms. The topological polar surface area (TPSA) is 53.2 Å². The van der Waals surface area contributed by atoms with Gasteiger partial charge in [-0.05, 0) is 67.2 Å². The van der Waals surface area contributed by atoms with E-state index >= 15 is 0 Å². The molecule has 0 spiro atoms. The first-order valence-corrected chi connectivity index (χ1v) is 12.9. The zero-order valence-electron chi connectivity index (χ0n) is 20.3. The largest absolute Gasteiger partial charge is 0.418 e. The fourth-order valence-electron chi connectivity index (χ4n) is 3.65. The highest BCUT2D eigenvalue weighted by atomic mass is 32.2. The summed E-state index contributed by atoms with van der Waals surface area (Å²) in [6.07, 6.45) is -4.59. The van der Waals surface area contributed by atoms with Gasteiger partial charge in [0.25, 0.3) is 0 Å². The van der Waals surface area contributed by atoms with Gasteiger partial charge in [-0.1, -0.05) is 66.2 Å². The Kier molecular flexibility index (Phi) is 8.70. The molecule has 0 aliphatic rings. The van der Waals surface area contributed by atoms with E-state index in [-0.39, 0.29) is 5.69 Å². The van der Waals surface area contributed by atoms with Crippen molar-refractivity contribution >= 4 is 52.1 Å². The lowest BCUT2D eigenvalue weighted by Gasteiger charge is -2.20. The summed E-state index contributed by atoms with van der Waals surface area (Å²) in [6.45, 7) is 2.00. The quantitative estimate of drug-likeness (QED) is 0.159. The third kappa shape index (κ3) is 7.36. The fourth-order valence-corrected chi connectivity index (χ4v) is 4.97. The molecule has 4 nitrogen and oxygen atoms in total. The van der Waals surface area contributed by atoms with Gasteiger partial charge in [0.05, 0.1) is 11.3 Å². The molecule has 0 aliphatic heterocycles. The molecule has 3 N–H and O–H groups in total. The van der Waals surface area contributed by atoms with Gasteiger partial charge in [0.15, 0.2) is 5.11 Å². The summed E-state index contributed by atoms with van der Waals surface area (Å²) in [4.78, 5) is 14.1. The lowest BCUT2D eigenvalue weighted by Crippen LogP contribution is -2.21. The van der Waals surface area contributed by atoms with Crippen LogP contribution in [0.4, 0.5) is 30.2 Å². The number of rotatable bonds is 7. The van der Waals surface area contributed by atoms with E-state index in [0.717, 1.165) is 22.2 Å². The second-order valence-electron chi connectivity index (χ2n) is 8.41. The summed E-state index contributed by atoms with van der Waals surface area (Å²) in [5.41, 5.74) is 2.17. The molecule has 0 aromatic heterocycles. The molecule has 194 valence electrons. The maximum atomic E-state index is 13.5. The first-order valence-electron chi connectivity index (χ1n) is 11.6. The summed E-state index contributed by atoms with van der Waals surface area (Å²) in [7, 11) is 0. The molecule has 38 heavy (non-hydrogen) atoms. The molecule has 4 aromatic rings. The first-order chi connectivity index (χ1) is 18.2. The number of amides is 1. The molecule has 0 saturated carbocycles. The molecule has 1 atom stereocenters. The summed E-state index contributed by atoms with van der Waals surface area (Å²) < 4.78 is 40.5. The van der Waals surface area contributed by atoms with Gasteiger partial charge in [0, 0.05) is 16.3 Å². The summed E-state index contributed by atoms with van der Waals surface area (Å²) in [5, 5.41) is 8.34. The van der Waals surface area contributed by atoms with E-state index in [2.05, 4.69) is 16.0 Å². The average Bonchev–Trinajstić information content (AvgIpc) is 2.89. The third-order valence-corrected chi connectivity index (χ3v) is 6.94. The molecule has 0 saturated heterocycles. The lowest BCUT2D eigenvalue weighted by atomic mass is 10.1. The normalized spacial score (nSPS) is 11.9. The van der Waals surface area contributed by atoms with Crippen LogP contribution in [0.1, 0.15) is 21.9 Å². The van der Waals surface area contributed by atoms with Crippen molar-refractivity contribution in [1.29, 1.82) is 0 Å². The zero-order valence-corrected chi connectivity index (χ0v) is 21.9. The van der Waals surface area contributed by atoms with Crippen LogP contribution >= 0.6 is 24.0 Å². The van der Waals surface area contributed by atoms with Gasteiger partial charge in [-0.25, -0.2) is 0 Å². The Labute approximate surface area is 228 Å². The minimum absolute atomic E-state index is 0.283. The number of hydrogen-bond donors (Lipinski definition) is 3. The van der Waals surface area contributed by atoms with E-state index in [1.807, 2.05) is 61.5 Å². The Morgan fingerprint density at radius 1 is 0.789 bits per heavy atom. The molecule has 0 radical (unpaired) electrons. The van der Waals surface area contributed by atoms with Crippen LogP contribution in [0, 0.1) is 6.92 Å². The number of thiocarbonyl (C=S) groups is 1. The molecular formula is C29H24F3N3OS2. The number of alkyl halides is 3. The van der Waals surface area contributed by atoms with Crippen molar-refractivity contribution in [3.05, 3.63) is 120 Å². The Balaban J connectivity index is 1.52. The SMILES string of the molecule is Cc1ccc(NC(=S)Nc2cccc(SC(C(=O)Nc3ccccc3C(F)(F)F)c3ccccc3)c2)cc1. The number of aryl methyl sites for hydroxylation is 1. The molecular weight excluding hydrogens is 527 g/mol. The first kappa shape index (κ1) is 27.2. The minimum Gasteiger partial charge on any atom is -0.332 e. The predicted octanol–water partition coefficient (Wildman–Crippen LogP) is 8.29. The Morgan fingerprint density at radius 2 is 1.45 bits per heavy atom. The highest BCUT2D eigenvalue weighted by Crippen LogP contribution is 2.39. The van der Waals surface area contributed by atoms with Gasteiger partial charge >= 0.3 is 6.18 Å². The summed E-state index contributed by atoms with van der Waals surface area (Å²) in [5.74, 6) is -0.562. The number of nitrogens with one attached hydrogen (secondary N) is 3. The minimum atomic E-state index is -4.59. The fraction of sp³-hybridized carbons (Fsp3) is 0.103. The van der Waals surface area contributed by atoms with Crippen molar-refractivity contribution in [3.63, 3.8) is 0 Å². The van der Waals surface area contributed by atoms with Gasteiger partial charge in [0.1, 0.15) is 5.25 Å². The maximum absolute atomic E-state index is 13.5. The van der Waals surface area contributed by atoms with Crippen molar-refractivity contribution < 1.29 is 18.0 Å². The Morgan fingerprint density at radius 3 is 2.16 bits per heavy atom. The van der Waals surface area contributed by atoms with Crippen molar-refractivity contribution in [1.82, 2.24) is 0 Å². The number of hydrogen-bond acceptors (Lipinski definition) is 3. The van der Waals surface area contributed by atoms with E-state index in [0.29, 0.717) is 16.4 Å². The van der Waals surface area contributed by atoms with Crippen LogP contribution in [0.3, 0.4) is 0 Å².